The van der Waals surface area contributed by atoms with Crippen LogP contribution in [0.15, 0.2) is 36.8 Å². The molecule has 8 nitrogen and oxygen atoms in total. The quantitative estimate of drug-likeness (QED) is 0.764. The summed E-state index contributed by atoms with van der Waals surface area (Å²) in [5.74, 6) is 0.686. The van der Waals surface area contributed by atoms with Gasteiger partial charge in [0.15, 0.2) is 5.82 Å². The van der Waals surface area contributed by atoms with Crippen molar-refractivity contribution in [1.82, 2.24) is 29.9 Å². The first-order chi connectivity index (χ1) is 12.0. The summed E-state index contributed by atoms with van der Waals surface area (Å²) >= 11 is 0. The van der Waals surface area contributed by atoms with E-state index in [1.807, 2.05) is 44.8 Å². The molecule has 3 aromatic heterocycles. The number of nitrogens with zero attached hydrogens (tertiary/aromatic N) is 5. The zero-order valence-electron chi connectivity index (χ0n) is 14.7. The van der Waals surface area contributed by atoms with Gasteiger partial charge in [0.05, 0.1) is 23.6 Å². The monoisotopic (exact) mass is 339 g/mol. The molecule has 0 saturated heterocycles. The lowest BCUT2D eigenvalue weighted by molar-refractivity contribution is 0.249. The molecular formula is C17H21N7O. The smallest absolute Gasteiger partial charge is 0.319 e. The lowest BCUT2D eigenvalue weighted by atomic mass is 10.1. The van der Waals surface area contributed by atoms with Crippen molar-refractivity contribution in [3.63, 3.8) is 0 Å². The molecule has 2 amide bonds. The fraction of sp³-hybridized carbons (Fsp3) is 0.294. The third-order valence-corrected chi connectivity index (χ3v) is 4.09. The molecule has 0 aromatic carbocycles. The van der Waals surface area contributed by atoms with Crippen LogP contribution in [0.25, 0.3) is 5.82 Å². The molecule has 0 aliphatic rings. The number of pyridine rings is 1. The number of anilines is 1. The molecular weight excluding hydrogens is 318 g/mol. The van der Waals surface area contributed by atoms with Crippen LogP contribution in [-0.2, 0) is 7.05 Å². The van der Waals surface area contributed by atoms with Crippen molar-refractivity contribution in [3.05, 3.63) is 53.7 Å². The average Bonchev–Trinajstić information content (AvgIpc) is 3.17. The molecule has 0 aliphatic heterocycles. The van der Waals surface area contributed by atoms with Crippen LogP contribution in [-0.4, -0.2) is 30.6 Å². The van der Waals surface area contributed by atoms with Gasteiger partial charge in [-0.3, -0.25) is 4.68 Å². The number of carbonyl (C=O) groups excluding carboxylic acids is 1. The van der Waals surface area contributed by atoms with E-state index in [2.05, 4.69) is 25.8 Å². The van der Waals surface area contributed by atoms with Crippen molar-refractivity contribution < 1.29 is 4.79 Å². The van der Waals surface area contributed by atoms with E-state index in [9.17, 15) is 4.79 Å². The summed E-state index contributed by atoms with van der Waals surface area (Å²) in [6.07, 6.45) is 5.09. The summed E-state index contributed by atoms with van der Waals surface area (Å²) < 4.78 is 3.47. The molecule has 3 aromatic rings. The summed E-state index contributed by atoms with van der Waals surface area (Å²) in [4.78, 5) is 16.5. The Hall–Kier alpha value is -3.16. The van der Waals surface area contributed by atoms with Gasteiger partial charge in [-0.05, 0) is 39.0 Å². The second-order valence-corrected chi connectivity index (χ2v) is 5.88. The third-order valence-electron chi connectivity index (χ3n) is 4.09. The Morgan fingerprint density at radius 3 is 2.64 bits per heavy atom. The number of carbonyl (C=O) groups is 1. The predicted molar refractivity (Wildman–Crippen MR) is 94.6 cm³/mol. The van der Waals surface area contributed by atoms with E-state index in [1.54, 1.807) is 29.2 Å². The standard InChI is InChI=1S/C17H21N7O/c1-11(16-12(2)22-23(4)13(16)3)20-17(25)21-14-6-7-15(18-10-14)24-9-5-8-19-24/h5-11H,1-4H3,(H2,20,21,25)/t11-/m0/s1. The van der Waals surface area contributed by atoms with E-state index >= 15 is 0 Å². The first-order valence-electron chi connectivity index (χ1n) is 7.99. The van der Waals surface area contributed by atoms with Gasteiger partial charge < -0.3 is 10.6 Å². The molecule has 8 heteroatoms. The lowest BCUT2D eigenvalue weighted by Crippen LogP contribution is -2.31. The van der Waals surface area contributed by atoms with Crippen molar-refractivity contribution >= 4 is 11.7 Å². The minimum absolute atomic E-state index is 0.148. The van der Waals surface area contributed by atoms with Gasteiger partial charge in [-0.15, -0.1) is 0 Å². The second kappa shape index (κ2) is 6.76. The number of aromatic nitrogens is 5. The van der Waals surface area contributed by atoms with Crippen molar-refractivity contribution in [2.75, 3.05) is 5.32 Å². The van der Waals surface area contributed by atoms with Gasteiger partial charge in [0.1, 0.15) is 0 Å². The number of urea groups is 1. The van der Waals surface area contributed by atoms with Crippen LogP contribution >= 0.6 is 0 Å². The van der Waals surface area contributed by atoms with E-state index in [-0.39, 0.29) is 12.1 Å². The SMILES string of the molecule is Cc1nn(C)c(C)c1[C@H](C)NC(=O)Nc1ccc(-n2cccn2)nc1. The molecule has 25 heavy (non-hydrogen) atoms. The summed E-state index contributed by atoms with van der Waals surface area (Å²) in [7, 11) is 1.89. The molecule has 3 heterocycles. The van der Waals surface area contributed by atoms with Crippen LogP contribution in [0.4, 0.5) is 10.5 Å². The molecule has 0 aliphatic carbocycles. The normalized spacial score (nSPS) is 12.0. The molecule has 0 saturated carbocycles. The lowest BCUT2D eigenvalue weighted by Gasteiger charge is -2.15. The van der Waals surface area contributed by atoms with E-state index in [0.29, 0.717) is 11.5 Å². The van der Waals surface area contributed by atoms with Crippen LogP contribution in [0.2, 0.25) is 0 Å². The van der Waals surface area contributed by atoms with Crippen LogP contribution in [0.5, 0.6) is 0 Å². The van der Waals surface area contributed by atoms with Gasteiger partial charge >= 0.3 is 6.03 Å². The van der Waals surface area contributed by atoms with E-state index < -0.39 is 0 Å². The maximum Gasteiger partial charge on any atom is 0.319 e. The molecule has 0 radical (unpaired) electrons. The highest BCUT2D eigenvalue weighted by atomic mass is 16.2. The molecule has 0 fully saturated rings. The van der Waals surface area contributed by atoms with Gasteiger partial charge in [0.2, 0.25) is 0 Å². The first-order valence-corrected chi connectivity index (χ1v) is 7.99. The highest BCUT2D eigenvalue weighted by Crippen LogP contribution is 2.20. The van der Waals surface area contributed by atoms with Crippen molar-refractivity contribution in [2.24, 2.45) is 7.05 Å². The number of nitrogens with one attached hydrogen (secondary N) is 2. The first kappa shape index (κ1) is 16.7. The number of amides is 2. The zero-order valence-corrected chi connectivity index (χ0v) is 14.7. The summed E-state index contributed by atoms with van der Waals surface area (Å²) in [6.45, 7) is 5.87. The van der Waals surface area contributed by atoms with Crippen LogP contribution in [0.3, 0.4) is 0 Å². The Morgan fingerprint density at radius 2 is 2.08 bits per heavy atom. The number of aryl methyl sites for hydroxylation is 2. The molecule has 3 rings (SSSR count). The molecule has 0 spiro atoms. The van der Waals surface area contributed by atoms with Gasteiger partial charge in [-0.25, -0.2) is 14.5 Å². The van der Waals surface area contributed by atoms with Crippen molar-refractivity contribution in [1.29, 1.82) is 0 Å². The number of rotatable bonds is 4. The number of hydrogen-bond acceptors (Lipinski definition) is 4. The molecule has 0 bridgehead atoms. The maximum atomic E-state index is 12.2. The Bertz CT molecular complexity index is 865. The minimum atomic E-state index is -0.288. The van der Waals surface area contributed by atoms with Crippen LogP contribution in [0, 0.1) is 13.8 Å². The Kier molecular flexibility index (Phi) is 4.51. The van der Waals surface area contributed by atoms with E-state index in [1.165, 1.54) is 0 Å². The van der Waals surface area contributed by atoms with Crippen molar-refractivity contribution in [3.8, 4) is 5.82 Å². The van der Waals surface area contributed by atoms with Gasteiger partial charge in [0, 0.05) is 30.7 Å². The predicted octanol–water partition coefficient (Wildman–Crippen LogP) is 2.50. The summed E-state index contributed by atoms with van der Waals surface area (Å²) in [6, 6.07) is 4.97. The van der Waals surface area contributed by atoms with Gasteiger partial charge in [0.25, 0.3) is 0 Å². The molecule has 130 valence electrons. The number of hydrogen-bond donors (Lipinski definition) is 2. The fourth-order valence-electron chi connectivity index (χ4n) is 2.85. The highest BCUT2D eigenvalue weighted by Gasteiger charge is 2.18. The third kappa shape index (κ3) is 3.52. The molecule has 2 N–H and O–H groups in total. The van der Waals surface area contributed by atoms with Gasteiger partial charge in [-0.2, -0.15) is 10.2 Å². The molecule has 1 atom stereocenters. The van der Waals surface area contributed by atoms with Crippen molar-refractivity contribution in [2.45, 2.75) is 26.8 Å². The highest BCUT2D eigenvalue weighted by molar-refractivity contribution is 5.89. The van der Waals surface area contributed by atoms with Crippen LogP contribution in [0.1, 0.15) is 29.9 Å². The van der Waals surface area contributed by atoms with Gasteiger partial charge in [-0.1, -0.05) is 0 Å². The maximum absolute atomic E-state index is 12.2. The second-order valence-electron chi connectivity index (χ2n) is 5.88. The molecule has 0 unspecified atom stereocenters. The Morgan fingerprint density at radius 1 is 1.28 bits per heavy atom. The minimum Gasteiger partial charge on any atom is -0.331 e. The topological polar surface area (TPSA) is 89.7 Å². The largest absolute Gasteiger partial charge is 0.331 e. The fourth-order valence-corrected chi connectivity index (χ4v) is 2.85. The van der Waals surface area contributed by atoms with E-state index in [4.69, 9.17) is 0 Å². The summed E-state index contributed by atoms with van der Waals surface area (Å²) in [5, 5.41) is 14.2. The Balaban J connectivity index is 1.64. The van der Waals surface area contributed by atoms with E-state index in [0.717, 1.165) is 17.0 Å². The van der Waals surface area contributed by atoms with Crippen LogP contribution < -0.4 is 10.6 Å². The Labute approximate surface area is 145 Å². The summed E-state index contributed by atoms with van der Waals surface area (Å²) in [5.41, 5.74) is 3.60. The zero-order chi connectivity index (χ0) is 18.0. The average molecular weight is 339 g/mol.